The zero-order chi connectivity index (χ0) is 77.6. The summed E-state index contributed by atoms with van der Waals surface area (Å²) in [6.07, 6.45) is 1.70. The van der Waals surface area contributed by atoms with Crippen LogP contribution in [0.5, 0.6) is 0 Å². The van der Waals surface area contributed by atoms with E-state index in [2.05, 4.69) is 43.0 Å². The van der Waals surface area contributed by atoms with Gasteiger partial charge >= 0.3 is 30.6 Å². The molecule has 6 fully saturated rings. The molecule has 2 aromatic heterocycles. The monoisotopic (exact) mass is 1600 g/mol. The molecule has 8 aliphatic heterocycles. The maximum atomic E-state index is 13.3. The number of methoxy groups -OCH3 is 2. The number of aromatic nitrogens is 4. The number of nitrogens with two attached hydrogens (primary N) is 4. The lowest BCUT2D eigenvalue weighted by Crippen LogP contribution is -2.56. The van der Waals surface area contributed by atoms with Crippen LogP contribution in [0.2, 0.25) is 0 Å². The molecular weight excluding hydrogens is 1520 g/mol. The number of carbonyl (C=O) groups is 8. The highest BCUT2D eigenvalue weighted by atomic mass is 33.1. The van der Waals surface area contributed by atoms with Gasteiger partial charge in [-0.2, -0.15) is 25.8 Å². The predicted molar refractivity (Wildman–Crippen MR) is 400 cm³/mol. The van der Waals surface area contributed by atoms with Gasteiger partial charge in [0.1, 0.15) is 48.5 Å². The van der Waals surface area contributed by atoms with E-state index in [0.717, 1.165) is 56.6 Å². The first-order valence-electron chi connectivity index (χ1n) is 35.2. The van der Waals surface area contributed by atoms with Crippen molar-refractivity contribution in [2.45, 2.75) is 122 Å². The van der Waals surface area contributed by atoms with E-state index in [9.17, 15) is 51.5 Å². The molecule has 2 aliphatic carbocycles. The number of pyridine rings is 1. The lowest BCUT2D eigenvalue weighted by Gasteiger charge is -2.40. The number of likely N-dealkylation sites (tertiary alicyclic amines) is 2. The van der Waals surface area contributed by atoms with E-state index >= 15 is 0 Å². The largest absolute Gasteiger partial charge is 0.535 e. The van der Waals surface area contributed by atoms with Gasteiger partial charge in [-0.25, -0.2) is 24.2 Å². The van der Waals surface area contributed by atoms with Gasteiger partial charge in [0.15, 0.2) is 11.4 Å². The maximum absolute atomic E-state index is 13.3. The molecule has 3 aromatic carbocycles. The Hall–Kier alpha value is -8.53. The summed E-state index contributed by atoms with van der Waals surface area (Å²) in [5.74, 6) is -1.06. The number of ketones is 4. The van der Waals surface area contributed by atoms with Gasteiger partial charge in [0.25, 0.3) is 0 Å². The van der Waals surface area contributed by atoms with Crippen molar-refractivity contribution < 1.29 is 84.8 Å². The number of hydrogen-bond acceptors (Lipinski definition) is 30. The van der Waals surface area contributed by atoms with Crippen molar-refractivity contribution in [2.24, 2.45) is 34.8 Å². The number of nitrogens with zero attached hydrogens (tertiary/aromatic N) is 9. The first-order chi connectivity index (χ1) is 52.3. The normalized spacial score (nSPS) is 24.5. The second-order valence-electron chi connectivity index (χ2n) is 27.0. The van der Waals surface area contributed by atoms with Crippen molar-refractivity contribution in [2.75, 3.05) is 91.3 Å². The molecule has 15 rings (SSSR count). The third-order valence-electron chi connectivity index (χ3n) is 20.7. The number of Topliss-reactive ketones (excluding diaryl/α,β-unsaturated/α-hetero) is 4. The Morgan fingerprint density at radius 2 is 1.21 bits per heavy atom. The molecule has 8 atom stereocenters. The standard InChI is InChI=1S/C30H37N5O7S2.C20H13F3N4O3S2.C15H18N4O5.C7H15NS/c1-17-23(31)26(37)22-20(16-41-28(32)38)30(40-2)27-21(14-34(30)24(22)25(17)36)35(27)29(39)42-15-18-6-8-19(9-7-18)44-43-13-12-33-10-4-3-5-11-33;21-20(22,23)14-6-9-16-17(11-14)27(26-25-16)30-19(28)29-12-13-4-7-15(8-5-13)31-32-18-3-1-2-10-24-18;1-5-9(16)12(21)8-6(4-24-14(17)22)15(23-2)13-7(18-13)3-19(15)10(8)11(5)20;9-7-6-8-4-2-1-3-5-8/h6-9,20-21,27H,3-5,10-16,31H2,1-2H3,(H2,32,38);1-11H,12H2;6-7,13,18H,3-4,16H2,1-2H3,(H2,17,22);9H,1-7H2/t20-,21+,27+,30-,35?;;6-,7+,13+,15-;/m1.1./s1. The van der Waals surface area contributed by atoms with E-state index in [-0.39, 0.29) is 107 Å². The minimum atomic E-state index is -4.55. The van der Waals surface area contributed by atoms with Crippen molar-refractivity contribution in [3.63, 3.8) is 0 Å². The van der Waals surface area contributed by atoms with Crippen LogP contribution >= 0.6 is 55.8 Å². The van der Waals surface area contributed by atoms with Crippen molar-refractivity contribution in [3.05, 3.63) is 153 Å². The van der Waals surface area contributed by atoms with E-state index in [0.29, 0.717) is 22.7 Å². The van der Waals surface area contributed by atoms with Crippen molar-refractivity contribution in [3.8, 4) is 0 Å². The Labute approximate surface area is 646 Å². The van der Waals surface area contributed by atoms with Crippen LogP contribution in [0.15, 0.2) is 151 Å². The molecule has 9 N–H and O–H groups in total. The topological polar surface area (TPSA) is 387 Å². The lowest BCUT2D eigenvalue weighted by atomic mass is 9.82. The van der Waals surface area contributed by atoms with E-state index in [1.807, 2.05) is 70.3 Å². The number of allylic oxidation sites excluding steroid dienone is 4. The number of benzene rings is 3. The number of nitrogens with one attached hydrogen (secondary N) is 1. The van der Waals surface area contributed by atoms with Crippen LogP contribution in [0.25, 0.3) is 11.0 Å². The zero-order valence-electron chi connectivity index (χ0n) is 59.9. The third kappa shape index (κ3) is 16.9. The number of thiol groups is 1. The van der Waals surface area contributed by atoms with Crippen LogP contribution < -0.4 is 33.1 Å². The van der Waals surface area contributed by atoms with Crippen LogP contribution in [0.4, 0.5) is 32.3 Å². The average Bonchev–Trinajstić information content (AvgIpc) is 1.50. The van der Waals surface area contributed by atoms with Crippen LogP contribution in [0.3, 0.4) is 0 Å². The lowest BCUT2D eigenvalue weighted by molar-refractivity contribution is -0.144. The summed E-state index contributed by atoms with van der Waals surface area (Å²) in [7, 11) is 9.61. The fourth-order valence-electron chi connectivity index (χ4n) is 15.2. The Morgan fingerprint density at radius 3 is 1.75 bits per heavy atom. The molecule has 10 heterocycles. The number of alkyl halides is 3. The van der Waals surface area contributed by atoms with E-state index < -0.39 is 82.9 Å². The van der Waals surface area contributed by atoms with Crippen LogP contribution in [-0.2, 0) is 67.0 Å². The number of piperidine rings is 2. The highest BCUT2D eigenvalue weighted by molar-refractivity contribution is 8.77. The SMILES string of the molecule is CO[C@@]12[C@H](COC(N)=O)C3=C(C(=O)C(C)=C(N)C3=O)N1C[C@@H]1N[C@@H]12.CO[C@@]12[C@H](COC(N)=O)C3=C(C(=O)C(C)=C(N)C3=O)N1C[C@H]1[C@@H]2N1C(=O)OCc1ccc(SSCCN2CCCCC2)cc1.O=C(OCc1ccc(SSc2ccccn2)cc1)On1nnc2ccc(C(F)(F)F)cc21.SCCN1CCCCC1. The number of rotatable bonds is 21. The van der Waals surface area contributed by atoms with Gasteiger partial charge in [0.05, 0.1) is 52.3 Å². The number of fused-ring (bicyclic) bond motifs is 9. The highest BCUT2D eigenvalue weighted by Crippen LogP contribution is 2.60. The second kappa shape index (κ2) is 34.4. The molecule has 29 nitrogen and oxygen atoms in total. The molecule has 0 radical (unpaired) electrons. The maximum Gasteiger partial charge on any atom is 0.535 e. The molecule has 0 bridgehead atoms. The van der Waals surface area contributed by atoms with Gasteiger partial charge in [-0.15, -0.1) is 5.10 Å². The number of piperazine rings is 2. The smallest absolute Gasteiger partial charge is 0.449 e. The number of carbonyl (C=O) groups excluding carboxylic acids is 8. The summed E-state index contributed by atoms with van der Waals surface area (Å²) >= 11 is 4.19. The van der Waals surface area contributed by atoms with Crippen molar-refractivity contribution in [1.29, 1.82) is 0 Å². The number of halogens is 3. The molecule has 6 saturated heterocycles. The summed E-state index contributed by atoms with van der Waals surface area (Å²) in [5, 5.41) is 11.4. The van der Waals surface area contributed by atoms with E-state index in [1.165, 1.54) is 121 Å². The van der Waals surface area contributed by atoms with E-state index in [1.54, 1.807) is 38.9 Å². The van der Waals surface area contributed by atoms with Crippen molar-refractivity contribution in [1.82, 2.24) is 50.0 Å². The highest BCUT2D eigenvalue weighted by Gasteiger charge is 2.78. The summed E-state index contributed by atoms with van der Waals surface area (Å²) in [5.41, 5.74) is 21.5. The molecule has 3 amide bonds. The minimum absolute atomic E-state index is 0.0586. The summed E-state index contributed by atoms with van der Waals surface area (Å²) in [6, 6.07) is 23.0. The first-order valence-corrected chi connectivity index (χ1v) is 40.3. The molecule has 0 spiro atoms. The first kappa shape index (κ1) is 80.0. The van der Waals surface area contributed by atoms with E-state index in [4.69, 9.17) is 56.2 Å². The quantitative estimate of drug-likeness (QED) is 0.00596. The fourth-order valence-corrected chi connectivity index (χ4v) is 19.3. The van der Waals surface area contributed by atoms with Crippen LogP contribution in [0, 0.1) is 11.8 Å². The fraction of sp³-hybridized carbons (Fsp3) is 0.458. The van der Waals surface area contributed by atoms with Gasteiger partial charge in [0, 0.05) is 96.2 Å². The average molecular weight is 1600 g/mol. The van der Waals surface area contributed by atoms with Crippen molar-refractivity contribution >= 4 is 114 Å². The molecule has 582 valence electrons. The van der Waals surface area contributed by atoms with Gasteiger partial charge in [0.2, 0.25) is 23.1 Å². The Morgan fingerprint density at radius 1 is 0.661 bits per heavy atom. The summed E-state index contributed by atoms with van der Waals surface area (Å²) in [4.78, 5) is 122. The van der Waals surface area contributed by atoms with Gasteiger partial charge < -0.3 is 76.3 Å². The molecule has 10 aliphatic rings. The Bertz CT molecular complexity index is 4430. The van der Waals surface area contributed by atoms with Gasteiger partial charge in [-0.1, -0.05) is 80.4 Å². The zero-order valence-corrected chi connectivity index (χ0v) is 64.1. The summed E-state index contributed by atoms with van der Waals surface area (Å²) < 4.78 is 71.3. The molecule has 0 saturated carbocycles. The van der Waals surface area contributed by atoms with Crippen LogP contribution in [-0.4, -0.2) is 219 Å². The molecule has 109 heavy (non-hydrogen) atoms. The Kier molecular flexibility index (Phi) is 25.2. The number of hydrogen-bond donors (Lipinski definition) is 6. The number of ether oxygens (including phenoxy) is 6. The number of primary amides is 2. The second-order valence-corrected chi connectivity index (χ2v) is 32.2. The molecule has 0 unspecified atom stereocenters. The molecular formula is C72H83F3N14O15S5. The minimum Gasteiger partial charge on any atom is -0.449 e. The number of amides is 3. The molecule has 5 aromatic rings. The third-order valence-corrected chi connectivity index (χ3v) is 25.5. The predicted octanol–water partition coefficient (Wildman–Crippen LogP) is 7.79. The summed E-state index contributed by atoms with van der Waals surface area (Å²) in [6.45, 7) is 10.7. The van der Waals surface area contributed by atoms with Gasteiger partial charge in [-0.3, -0.25) is 28.9 Å². The van der Waals surface area contributed by atoms with Crippen LogP contribution in [0.1, 0.15) is 69.1 Å². The Balaban J connectivity index is 0.000000149. The van der Waals surface area contributed by atoms with Gasteiger partial charge in [-0.05, 0) is 147 Å². The molecule has 37 heteroatoms.